The first-order valence-corrected chi connectivity index (χ1v) is 8.58. The zero-order valence-electron chi connectivity index (χ0n) is 11.6. The number of thiocarbonyl (C=S) groups is 1. The average Bonchev–Trinajstić information content (AvgIpc) is 2.86. The van der Waals surface area contributed by atoms with E-state index in [0.29, 0.717) is 20.3 Å². The van der Waals surface area contributed by atoms with Crippen molar-refractivity contribution in [2.75, 3.05) is 5.32 Å². The van der Waals surface area contributed by atoms with E-state index >= 15 is 0 Å². The molecule has 0 atom stereocenters. The summed E-state index contributed by atoms with van der Waals surface area (Å²) in [7, 11) is 0. The van der Waals surface area contributed by atoms with Crippen LogP contribution in [0.1, 0.15) is 9.67 Å². The van der Waals surface area contributed by atoms with Crippen LogP contribution >= 0.6 is 46.8 Å². The van der Waals surface area contributed by atoms with Gasteiger partial charge in [-0.05, 0) is 36.5 Å². The second-order valence-electron chi connectivity index (χ2n) is 4.63. The van der Waals surface area contributed by atoms with E-state index in [1.54, 1.807) is 6.07 Å². The molecule has 0 unspecified atom stereocenters. The summed E-state index contributed by atoms with van der Waals surface area (Å²) in [6.45, 7) is 0. The average molecular weight is 381 g/mol. The van der Waals surface area contributed by atoms with E-state index in [0.717, 1.165) is 10.4 Å². The van der Waals surface area contributed by atoms with Gasteiger partial charge in [0.05, 0.1) is 10.0 Å². The molecule has 1 amide bonds. The van der Waals surface area contributed by atoms with E-state index in [2.05, 4.69) is 10.6 Å². The van der Waals surface area contributed by atoms with Crippen molar-refractivity contribution in [3.63, 3.8) is 0 Å². The van der Waals surface area contributed by atoms with E-state index < -0.39 is 0 Å². The van der Waals surface area contributed by atoms with Crippen LogP contribution in [0.3, 0.4) is 0 Å². The maximum absolute atomic E-state index is 12.4. The van der Waals surface area contributed by atoms with Gasteiger partial charge in [0.2, 0.25) is 0 Å². The number of rotatable bonds is 2. The zero-order valence-corrected chi connectivity index (χ0v) is 14.7. The third-order valence-electron chi connectivity index (χ3n) is 3.07. The standard InChI is InChI=1S/C16H10Cl2N2OS2/c17-10-7-4-8-11-12(10)13(18)14(23-11)15(21)20-16(22)19-9-5-2-1-3-6-9/h1-8H,(H2,19,20,21,22). The van der Waals surface area contributed by atoms with Crippen molar-refractivity contribution in [1.29, 1.82) is 0 Å². The Hall–Kier alpha value is -1.66. The zero-order chi connectivity index (χ0) is 16.4. The topological polar surface area (TPSA) is 41.1 Å². The van der Waals surface area contributed by atoms with Crippen LogP contribution in [0.5, 0.6) is 0 Å². The number of para-hydroxylation sites is 1. The third-order valence-corrected chi connectivity index (χ3v) is 5.23. The fourth-order valence-corrected chi connectivity index (χ4v) is 4.12. The summed E-state index contributed by atoms with van der Waals surface area (Å²) in [4.78, 5) is 12.8. The molecule has 3 rings (SSSR count). The number of amides is 1. The predicted molar refractivity (Wildman–Crippen MR) is 102 cm³/mol. The fraction of sp³-hybridized carbons (Fsp3) is 0. The SMILES string of the molecule is O=C(NC(=S)Nc1ccccc1)c1sc2cccc(Cl)c2c1Cl. The molecule has 116 valence electrons. The molecule has 0 saturated carbocycles. The van der Waals surface area contributed by atoms with Crippen molar-refractivity contribution < 1.29 is 4.79 Å². The second-order valence-corrected chi connectivity index (χ2v) is 6.88. The Kier molecular flexibility index (Phi) is 4.82. The maximum Gasteiger partial charge on any atom is 0.269 e. The minimum Gasteiger partial charge on any atom is -0.332 e. The minimum absolute atomic E-state index is 0.209. The summed E-state index contributed by atoms with van der Waals surface area (Å²) >= 11 is 18.9. The van der Waals surface area contributed by atoms with Crippen LogP contribution in [0.4, 0.5) is 5.69 Å². The number of hydrogen-bond acceptors (Lipinski definition) is 3. The summed E-state index contributed by atoms with van der Waals surface area (Å²) in [6.07, 6.45) is 0. The normalized spacial score (nSPS) is 10.5. The van der Waals surface area contributed by atoms with E-state index in [9.17, 15) is 4.79 Å². The number of nitrogens with one attached hydrogen (secondary N) is 2. The Morgan fingerprint density at radius 2 is 1.78 bits per heavy atom. The molecule has 3 aromatic rings. The summed E-state index contributed by atoms with van der Waals surface area (Å²) in [5.41, 5.74) is 0.795. The van der Waals surface area contributed by atoms with Crippen molar-refractivity contribution in [1.82, 2.24) is 5.32 Å². The largest absolute Gasteiger partial charge is 0.332 e. The molecule has 23 heavy (non-hydrogen) atoms. The number of halogens is 2. The molecule has 0 bridgehead atoms. The molecular formula is C16H10Cl2N2OS2. The quantitative estimate of drug-likeness (QED) is 0.589. The molecule has 0 radical (unpaired) electrons. The third kappa shape index (κ3) is 3.48. The smallest absolute Gasteiger partial charge is 0.269 e. The lowest BCUT2D eigenvalue weighted by Crippen LogP contribution is -2.33. The number of carbonyl (C=O) groups is 1. The molecule has 0 aliphatic rings. The lowest BCUT2D eigenvalue weighted by Gasteiger charge is -2.08. The van der Waals surface area contributed by atoms with Crippen molar-refractivity contribution in [2.24, 2.45) is 0 Å². The minimum atomic E-state index is -0.360. The number of carbonyl (C=O) groups excluding carboxylic acids is 1. The number of anilines is 1. The second kappa shape index (κ2) is 6.84. The molecule has 0 aliphatic carbocycles. The van der Waals surface area contributed by atoms with Gasteiger partial charge in [-0.25, -0.2) is 0 Å². The van der Waals surface area contributed by atoms with Crippen LogP contribution in [-0.4, -0.2) is 11.0 Å². The van der Waals surface area contributed by atoms with Crippen LogP contribution in [-0.2, 0) is 0 Å². The van der Waals surface area contributed by atoms with E-state index in [-0.39, 0.29) is 11.0 Å². The number of thiophene rings is 1. The number of hydrogen-bond donors (Lipinski definition) is 2. The van der Waals surface area contributed by atoms with Crippen LogP contribution in [0.25, 0.3) is 10.1 Å². The highest BCUT2D eigenvalue weighted by atomic mass is 35.5. The van der Waals surface area contributed by atoms with Crippen LogP contribution in [0, 0.1) is 0 Å². The van der Waals surface area contributed by atoms with Gasteiger partial charge in [-0.15, -0.1) is 11.3 Å². The summed E-state index contributed by atoms with van der Waals surface area (Å²) in [5.74, 6) is -0.360. The van der Waals surface area contributed by atoms with Gasteiger partial charge in [0.1, 0.15) is 4.88 Å². The molecule has 0 spiro atoms. The van der Waals surface area contributed by atoms with E-state index in [1.165, 1.54) is 11.3 Å². The van der Waals surface area contributed by atoms with Crippen molar-refractivity contribution >= 4 is 73.5 Å². The Morgan fingerprint density at radius 3 is 2.48 bits per heavy atom. The van der Waals surface area contributed by atoms with Crippen LogP contribution in [0.2, 0.25) is 10.0 Å². The summed E-state index contributed by atoms with van der Waals surface area (Å²) < 4.78 is 0.856. The Morgan fingerprint density at radius 1 is 1.04 bits per heavy atom. The van der Waals surface area contributed by atoms with Gasteiger partial charge in [0.15, 0.2) is 5.11 Å². The maximum atomic E-state index is 12.4. The van der Waals surface area contributed by atoms with Gasteiger partial charge in [-0.1, -0.05) is 47.5 Å². The first-order valence-electron chi connectivity index (χ1n) is 6.60. The first kappa shape index (κ1) is 16.2. The molecule has 0 fully saturated rings. The van der Waals surface area contributed by atoms with Gasteiger partial charge in [-0.3, -0.25) is 10.1 Å². The van der Waals surface area contributed by atoms with Crippen molar-refractivity contribution in [2.45, 2.75) is 0 Å². The van der Waals surface area contributed by atoms with E-state index in [1.807, 2.05) is 42.5 Å². The van der Waals surface area contributed by atoms with Gasteiger partial charge in [-0.2, -0.15) is 0 Å². The molecule has 1 aromatic heterocycles. The van der Waals surface area contributed by atoms with Crippen LogP contribution < -0.4 is 10.6 Å². The highest BCUT2D eigenvalue weighted by Gasteiger charge is 2.19. The Bertz CT molecular complexity index is 894. The number of fused-ring (bicyclic) bond motifs is 1. The molecule has 2 N–H and O–H groups in total. The number of benzene rings is 2. The van der Waals surface area contributed by atoms with Gasteiger partial charge < -0.3 is 5.32 Å². The molecule has 0 aliphatic heterocycles. The highest BCUT2D eigenvalue weighted by Crippen LogP contribution is 2.39. The predicted octanol–water partition coefficient (Wildman–Crippen LogP) is 5.33. The molecular weight excluding hydrogens is 371 g/mol. The van der Waals surface area contributed by atoms with Gasteiger partial charge in [0, 0.05) is 15.8 Å². The lowest BCUT2D eigenvalue weighted by molar-refractivity contribution is 0.0982. The van der Waals surface area contributed by atoms with Crippen LogP contribution in [0.15, 0.2) is 48.5 Å². The lowest BCUT2D eigenvalue weighted by atomic mass is 10.2. The summed E-state index contributed by atoms with van der Waals surface area (Å²) in [6, 6.07) is 14.8. The molecule has 1 heterocycles. The Labute approximate surface area is 152 Å². The summed E-state index contributed by atoms with van der Waals surface area (Å²) in [5, 5.41) is 7.33. The monoisotopic (exact) mass is 380 g/mol. The highest BCUT2D eigenvalue weighted by molar-refractivity contribution is 7.80. The molecule has 2 aromatic carbocycles. The fourth-order valence-electron chi connectivity index (χ4n) is 2.06. The first-order chi connectivity index (χ1) is 11.1. The Balaban J connectivity index is 1.80. The molecule has 7 heteroatoms. The van der Waals surface area contributed by atoms with Gasteiger partial charge >= 0.3 is 0 Å². The molecule has 0 saturated heterocycles. The molecule has 3 nitrogen and oxygen atoms in total. The van der Waals surface area contributed by atoms with E-state index in [4.69, 9.17) is 35.4 Å². The van der Waals surface area contributed by atoms with Crippen molar-refractivity contribution in [3.05, 3.63) is 63.5 Å². The van der Waals surface area contributed by atoms with Crippen molar-refractivity contribution in [3.8, 4) is 0 Å². The van der Waals surface area contributed by atoms with Gasteiger partial charge in [0.25, 0.3) is 5.91 Å².